The standard InChI is InChI=1S/C26H29N3O4S/c1-3-33-23-13-11-22(12-14-23)27-34(31,32)24-15-9-21(10-16-24)26(30)29-18-17-28(2)19-25(29)20-7-5-4-6-8-20/h4-16,25,27H,3,17-19H2,1-2H3/t25-/m1/s1. The molecule has 3 aromatic carbocycles. The maximum atomic E-state index is 13.4. The summed E-state index contributed by atoms with van der Waals surface area (Å²) in [7, 11) is -1.74. The highest BCUT2D eigenvalue weighted by Gasteiger charge is 2.31. The van der Waals surface area contributed by atoms with Gasteiger partial charge in [-0.3, -0.25) is 9.52 Å². The fourth-order valence-electron chi connectivity index (χ4n) is 4.07. The molecule has 1 atom stereocenters. The number of hydrogen-bond acceptors (Lipinski definition) is 5. The Morgan fingerprint density at radius 1 is 0.971 bits per heavy atom. The Morgan fingerprint density at radius 3 is 2.29 bits per heavy atom. The fourth-order valence-corrected chi connectivity index (χ4v) is 5.12. The number of ether oxygens (including phenoxy) is 1. The third-order valence-corrected chi connectivity index (χ3v) is 7.25. The smallest absolute Gasteiger partial charge is 0.261 e. The number of sulfonamides is 1. The third-order valence-electron chi connectivity index (χ3n) is 5.86. The average molecular weight is 480 g/mol. The summed E-state index contributed by atoms with van der Waals surface area (Å²) in [4.78, 5) is 17.5. The molecule has 7 nitrogen and oxygen atoms in total. The van der Waals surface area contributed by atoms with Gasteiger partial charge in [0.2, 0.25) is 0 Å². The van der Waals surface area contributed by atoms with Gasteiger partial charge < -0.3 is 14.5 Å². The molecule has 8 heteroatoms. The lowest BCUT2D eigenvalue weighted by Crippen LogP contribution is -2.49. The largest absolute Gasteiger partial charge is 0.494 e. The zero-order chi connectivity index (χ0) is 24.1. The van der Waals surface area contributed by atoms with Crippen LogP contribution in [0.2, 0.25) is 0 Å². The van der Waals surface area contributed by atoms with E-state index in [0.717, 1.165) is 18.7 Å². The van der Waals surface area contributed by atoms with Gasteiger partial charge in [-0.15, -0.1) is 0 Å². The van der Waals surface area contributed by atoms with Crippen LogP contribution in [0, 0.1) is 0 Å². The second-order valence-corrected chi connectivity index (χ2v) is 9.96. The van der Waals surface area contributed by atoms with Crippen LogP contribution in [0.5, 0.6) is 5.75 Å². The van der Waals surface area contributed by atoms with E-state index in [-0.39, 0.29) is 16.8 Å². The van der Waals surface area contributed by atoms with E-state index in [2.05, 4.69) is 16.7 Å². The van der Waals surface area contributed by atoms with Crippen molar-refractivity contribution < 1.29 is 17.9 Å². The first kappa shape index (κ1) is 23.8. The molecule has 4 rings (SSSR count). The summed E-state index contributed by atoms with van der Waals surface area (Å²) in [6.45, 7) is 4.56. The molecule has 0 spiro atoms. The van der Waals surface area contributed by atoms with Gasteiger partial charge in [-0.1, -0.05) is 30.3 Å². The van der Waals surface area contributed by atoms with Crippen LogP contribution in [0.25, 0.3) is 0 Å². The van der Waals surface area contributed by atoms with E-state index in [4.69, 9.17) is 4.74 Å². The van der Waals surface area contributed by atoms with Gasteiger partial charge in [0.15, 0.2) is 0 Å². The molecule has 3 aromatic rings. The van der Waals surface area contributed by atoms with Crippen molar-refractivity contribution in [3.8, 4) is 5.75 Å². The van der Waals surface area contributed by atoms with Crippen molar-refractivity contribution in [2.45, 2.75) is 17.9 Å². The fraction of sp³-hybridized carbons (Fsp3) is 0.269. The van der Waals surface area contributed by atoms with Crippen molar-refractivity contribution in [2.24, 2.45) is 0 Å². The van der Waals surface area contributed by atoms with Crippen molar-refractivity contribution in [3.63, 3.8) is 0 Å². The number of rotatable bonds is 7. The lowest BCUT2D eigenvalue weighted by atomic mass is 10.0. The molecule has 1 aliphatic rings. The van der Waals surface area contributed by atoms with Crippen LogP contribution in [-0.4, -0.2) is 57.4 Å². The van der Waals surface area contributed by atoms with Gasteiger partial charge in [-0.25, -0.2) is 8.42 Å². The van der Waals surface area contributed by atoms with E-state index in [9.17, 15) is 13.2 Å². The van der Waals surface area contributed by atoms with Crippen LogP contribution in [0.4, 0.5) is 5.69 Å². The highest BCUT2D eigenvalue weighted by Crippen LogP contribution is 2.27. The number of piperazine rings is 1. The molecule has 0 aliphatic carbocycles. The van der Waals surface area contributed by atoms with Gasteiger partial charge in [0, 0.05) is 30.9 Å². The van der Waals surface area contributed by atoms with Gasteiger partial charge in [-0.05, 0) is 68.1 Å². The number of hydrogen-bond donors (Lipinski definition) is 1. The molecule has 0 aromatic heterocycles. The molecule has 1 aliphatic heterocycles. The zero-order valence-electron chi connectivity index (χ0n) is 19.3. The van der Waals surface area contributed by atoms with E-state index in [1.54, 1.807) is 36.4 Å². The minimum Gasteiger partial charge on any atom is -0.494 e. The zero-order valence-corrected chi connectivity index (χ0v) is 20.2. The first-order chi connectivity index (χ1) is 16.4. The van der Waals surface area contributed by atoms with Gasteiger partial charge >= 0.3 is 0 Å². The quantitative estimate of drug-likeness (QED) is 0.554. The van der Waals surface area contributed by atoms with Crippen molar-refractivity contribution >= 4 is 21.6 Å². The Bertz CT molecular complexity index is 1210. The second kappa shape index (κ2) is 10.3. The van der Waals surface area contributed by atoms with Crippen molar-refractivity contribution in [1.29, 1.82) is 0 Å². The minimum absolute atomic E-state index is 0.0582. The Kier molecular flexibility index (Phi) is 7.19. The van der Waals surface area contributed by atoms with Crippen LogP contribution in [0.15, 0.2) is 83.8 Å². The number of benzene rings is 3. The van der Waals surface area contributed by atoms with E-state index >= 15 is 0 Å². The van der Waals surface area contributed by atoms with Crippen molar-refractivity contribution in [1.82, 2.24) is 9.80 Å². The van der Waals surface area contributed by atoms with Gasteiger partial charge in [0.05, 0.1) is 17.5 Å². The van der Waals surface area contributed by atoms with Gasteiger partial charge in [0.25, 0.3) is 15.9 Å². The summed E-state index contributed by atoms with van der Waals surface area (Å²) >= 11 is 0. The number of carbonyl (C=O) groups excluding carboxylic acids is 1. The van der Waals surface area contributed by atoms with Crippen molar-refractivity contribution in [3.05, 3.63) is 90.0 Å². The summed E-state index contributed by atoms with van der Waals surface area (Å²) in [6.07, 6.45) is 0. The molecule has 0 unspecified atom stereocenters. The Balaban J connectivity index is 1.50. The molecule has 1 amide bonds. The molecule has 1 fully saturated rings. The highest BCUT2D eigenvalue weighted by atomic mass is 32.2. The number of carbonyl (C=O) groups is 1. The van der Waals surface area contributed by atoms with Crippen LogP contribution >= 0.6 is 0 Å². The Morgan fingerprint density at radius 2 is 1.65 bits per heavy atom. The van der Waals surface area contributed by atoms with E-state index < -0.39 is 10.0 Å². The number of anilines is 1. The average Bonchev–Trinajstić information content (AvgIpc) is 2.85. The third kappa shape index (κ3) is 5.40. The number of likely N-dealkylation sites (N-methyl/N-ethyl adjacent to an activating group) is 1. The molecule has 1 saturated heterocycles. The minimum atomic E-state index is -3.79. The molecule has 0 saturated carbocycles. The molecule has 34 heavy (non-hydrogen) atoms. The van der Waals surface area contributed by atoms with Crippen molar-refractivity contribution in [2.75, 3.05) is 38.0 Å². The van der Waals surface area contributed by atoms with Gasteiger partial charge in [-0.2, -0.15) is 0 Å². The molecule has 0 radical (unpaired) electrons. The Labute approximate surface area is 201 Å². The van der Waals surface area contributed by atoms with Crippen LogP contribution in [0.3, 0.4) is 0 Å². The van der Waals surface area contributed by atoms with E-state index in [1.165, 1.54) is 12.1 Å². The van der Waals surface area contributed by atoms with Crippen LogP contribution < -0.4 is 9.46 Å². The number of nitrogens with one attached hydrogen (secondary N) is 1. The van der Waals surface area contributed by atoms with Gasteiger partial charge in [0.1, 0.15) is 5.75 Å². The predicted molar refractivity (Wildman–Crippen MR) is 133 cm³/mol. The molecular weight excluding hydrogens is 450 g/mol. The molecular formula is C26H29N3O4S. The first-order valence-corrected chi connectivity index (χ1v) is 12.8. The molecule has 1 N–H and O–H groups in total. The number of amides is 1. The molecule has 0 bridgehead atoms. The highest BCUT2D eigenvalue weighted by molar-refractivity contribution is 7.92. The SMILES string of the molecule is CCOc1ccc(NS(=O)(=O)c2ccc(C(=O)N3CCN(C)C[C@@H]3c3ccccc3)cc2)cc1. The second-order valence-electron chi connectivity index (χ2n) is 8.27. The summed E-state index contributed by atoms with van der Waals surface area (Å²) in [6, 6.07) is 22.7. The monoisotopic (exact) mass is 479 g/mol. The van der Waals surface area contributed by atoms with E-state index in [0.29, 0.717) is 30.2 Å². The topological polar surface area (TPSA) is 78.9 Å². The maximum Gasteiger partial charge on any atom is 0.261 e. The normalized spacial score (nSPS) is 16.8. The lowest BCUT2D eigenvalue weighted by molar-refractivity contribution is 0.0498. The van der Waals surface area contributed by atoms with E-state index in [1.807, 2.05) is 42.2 Å². The summed E-state index contributed by atoms with van der Waals surface area (Å²) in [5.41, 5.74) is 1.98. The first-order valence-electron chi connectivity index (χ1n) is 11.3. The number of nitrogens with zero attached hydrogens (tertiary/aromatic N) is 2. The summed E-state index contributed by atoms with van der Waals surface area (Å²) in [5, 5.41) is 0. The summed E-state index contributed by atoms with van der Waals surface area (Å²) < 4.78 is 33.6. The van der Waals surface area contributed by atoms with Crippen LogP contribution in [0.1, 0.15) is 28.9 Å². The van der Waals surface area contributed by atoms with Crippen LogP contribution in [-0.2, 0) is 10.0 Å². The Hall–Kier alpha value is -3.36. The lowest BCUT2D eigenvalue weighted by Gasteiger charge is -2.40. The molecule has 1 heterocycles. The maximum absolute atomic E-state index is 13.4. The molecule has 178 valence electrons. The predicted octanol–water partition coefficient (Wildman–Crippen LogP) is 4.02. The summed E-state index contributed by atoms with van der Waals surface area (Å²) in [5.74, 6) is 0.566.